The Kier molecular flexibility index (Phi) is 5.28. The van der Waals surface area contributed by atoms with Gasteiger partial charge in [-0.1, -0.05) is 41.5 Å². The van der Waals surface area contributed by atoms with Crippen LogP contribution in [0.2, 0.25) is 0 Å². The quantitative estimate of drug-likeness (QED) is 0.758. The topological polar surface area (TPSA) is 40.5 Å². The van der Waals surface area contributed by atoms with Crippen molar-refractivity contribution in [1.29, 1.82) is 0 Å². The van der Waals surface area contributed by atoms with Crippen LogP contribution in [0, 0.1) is 22.7 Å². The summed E-state index contributed by atoms with van der Waals surface area (Å²) >= 11 is 0. The molecule has 0 aromatic rings. The van der Waals surface area contributed by atoms with E-state index in [0.717, 1.165) is 6.42 Å². The molecule has 0 rings (SSSR count). The Morgan fingerprint density at radius 2 is 1.00 bits per heavy atom. The first-order valence-corrected chi connectivity index (χ1v) is 5.84. The molecule has 0 heterocycles. The Morgan fingerprint density at radius 3 is 1.13 bits per heavy atom. The fourth-order valence-corrected chi connectivity index (χ4v) is 1.75. The van der Waals surface area contributed by atoms with Crippen molar-refractivity contribution < 1.29 is 10.2 Å². The molecule has 0 aliphatic carbocycles. The van der Waals surface area contributed by atoms with Gasteiger partial charge in [0.25, 0.3) is 0 Å². The zero-order valence-corrected chi connectivity index (χ0v) is 11.2. The minimum absolute atomic E-state index is 0.105. The van der Waals surface area contributed by atoms with Crippen molar-refractivity contribution in [1.82, 2.24) is 0 Å². The van der Waals surface area contributed by atoms with Crippen LogP contribution >= 0.6 is 0 Å². The third-order valence-electron chi connectivity index (χ3n) is 3.46. The highest BCUT2D eigenvalue weighted by Crippen LogP contribution is 2.37. The van der Waals surface area contributed by atoms with Gasteiger partial charge >= 0.3 is 0 Å². The molecule has 92 valence electrons. The van der Waals surface area contributed by atoms with Crippen LogP contribution in [-0.4, -0.2) is 23.4 Å². The minimum atomic E-state index is 0.105. The summed E-state index contributed by atoms with van der Waals surface area (Å²) in [5.41, 5.74) is 0.209. The first-order chi connectivity index (χ1) is 6.62. The summed E-state index contributed by atoms with van der Waals surface area (Å²) in [6, 6.07) is 0. The van der Waals surface area contributed by atoms with Crippen molar-refractivity contribution in [2.24, 2.45) is 22.7 Å². The summed E-state index contributed by atoms with van der Waals surface area (Å²) in [4.78, 5) is 0. The van der Waals surface area contributed by atoms with Gasteiger partial charge in [0, 0.05) is 13.2 Å². The zero-order valence-electron chi connectivity index (χ0n) is 11.2. The molecule has 0 aliphatic heterocycles. The van der Waals surface area contributed by atoms with Gasteiger partial charge in [-0.15, -0.1) is 0 Å². The zero-order chi connectivity index (χ0) is 12.3. The molecule has 15 heavy (non-hydrogen) atoms. The summed E-state index contributed by atoms with van der Waals surface area (Å²) in [7, 11) is 0. The van der Waals surface area contributed by atoms with Crippen LogP contribution in [0.15, 0.2) is 0 Å². The lowest BCUT2D eigenvalue weighted by Gasteiger charge is -2.36. The van der Waals surface area contributed by atoms with Crippen molar-refractivity contribution in [3.63, 3.8) is 0 Å². The summed E-state index contributed by atoms with van der Waals surface area (Å²) in [5.74, 6) is 0.516. The van der Waals surface area contributed by atoms with Gasteiger partial charge in [0.2, 0.25) is 0 Å². The van der Waals surface area contributed by atoms with Crippen molar-refractivity contribution >= 4 is 0 Å². The Labute approximate surface area is 94.7 Å². The van der Waals surface area contributed by atoms with Crippen molar-refractivity contribution in [2.45, 2.75) is 48.0 Å². The summed E-state index contributed by atoms with van der Waals surface area (Å²) in [5, 5.41) is 18.8. The molecule has 0 aromatic heterocycles. The lowest BCUT2D eigenvalue weighted by molar-refractivity contribution is 0.0507. The molecular formula is C13H28O2. The Hall–Kier alpha value is -0.0800. The van der Waals surface area contributed by atoms with E-state index in [1.807, 2.05) is 0 Å². The first-order valence-electron chi connectivity index (χ1n) is 5.84. The molecule has 0 fully saturated rings. The summed E-state index contributed by atoms with van der Waals surface area (Å²) < 4.78 is 0. The average molecular weight is 216 g/mol. The van der Waals surface area contributed by atoms with Gasteiger partial charge in [0.15, 0.2) is 0 Å². The van der Waals surface area contributed by atoms with Gasteiger partial charge in [-0.25, -0.2) is 0 Å². The van der Waals surface area contributed by atoms with Crippen LogP contribution in [0.5, 0.6) is 0 Å². The lowest BCUT2D eigenvalue weighted by atomic mass is 9.70. The van der Waals surface area contributed by atoms with E-state index >= 15 is 0 Å². The molecular weight excluding hydrogens is 188 g/mol. The summed E-state index contributed by atoms with van der Waals surface area (Å²) in [6.07, 6.45) is 0.889. The number of hydrogen-bond donors (Lipinski definition) is 2. The minimum Gasteiger partial charge on any atom is -0.396 e. The van der Waals surface area contributed by atoms with Crippen LogP contribution < -0.4 is 0 Å². The lowest BCUT2D eigenvalue weighted by Crippen LogP contribution is -2.32. The normalized spacial score (nSPS) is 17.6. The average Bonchev–Trinajstić information content (AvgIpc) is 2.01. The predicted molar refractivity (Wildman–Crippen MR) is 64.7 cm³/mol. The van der Waals surface area contributed by atoms with Crippen LogP contribution in [0.4, 0.5) is 0 Å². The van der Waals surface area contributed by atoms with Crippen molar-refractivity contribution in [3.8, 4) is 0 Å². The Morgan fingerprint density at radius 1 is 0.733 bits per heavy atom. The van der Waals surface area contributed by atoms with E-state index in [1.54, 1.807) is 0 Å². The molecule has 0 aliphatic rings. The Bertz CT molecular complexity index is 154. The molecule has 0 saturated carbocycles. The maximum Gasteiger partial charge on any atom is 0.0464 e. The Balaban J connectivity index is 4.52. The van der Waals surface area contributed by atoms with Gasteiger partial charge in [0.05, 0.1) is 0 Å². The number of hydrogen-bond acceptors (Lipinski definition) is 2. The van der Waals surface area contributed by atoms with Gasteiger partial charge < -0.3 is 10.2 Å². The van der Waals surface area contributed by atoms with E-state index in [-0.39, 0.29) is 35.9 Å². The highest BCUT2D eigenvalue weighted by atomic mass is 16.3. The fourth-order valence-electron chi connectivity index (χ4n) is 1.75. The third-order valence-corrected chi connectivity index (χ3v) is 3.46. The maximum atomic E-state index is 9.39. The largest absolute Gasteiger partial charge is 0.396 e. The predicted octanol–water partition coefficient (Wildman–Crippen LogP) is 2.69. The van der Waals surface area contributed by atoms with E-state index < -0.39 is 0 Å². The highest BCUT2D eigenvalue weighted by Gasteiger charge is 2.31. The molecule has 0 saturated heterocycles. The first kappa shape index (κ1) is 14.9. The van der Waals surface area contributed by atoms with Crippen molar-refractivity contribution in [3.05, 3.63) is 0 Å². The second-order valence-electron chi connectivity index (χ2n) is 6.73. The van der Waals surface area contributed by atoms with Gasteiger partial charge in [0.1, 0.15) is 0 Å². The van der Waals surface area contributed by atoms with Crippen LogP contribution in [0.3, 0.4) is 0 Å². The van der Waals surface area contributed by atoms with Gasteiger partial charge in [-0.2, -0.15) is 0 Å². The van der Waals surface area contributed by atoms with Gasteiger partial charge in [-0.05, 0) is 29.1 Å². The highest BCUT2D eigenvalue weighted by molar-refractivity contribution is 4.81. The molecule has 0 radical (unpaired) electrons. The molecule has 0 spiro atoms. The van der Waals surface area contributed by atoms with E-state index in [9.17, 15) is 10.2 Å². The molecule has 2 N–H and O–H groups in total. The third kappa shape index (κ3) is 4.98. The maximum absolute atomic E-state index is 9.39. The van der Waals surface area contributed by atoms with E-state index in [2.05, 4.69) is 41.5 Å². The number of rotatable bonds is 4. The monoisotopic (exact) mass is 216 g/mol. The van der Waals surface area contributed by atoms with Crippen LogP contribution in [0.1, 0.15) is 48.0 Å². The van der Waals surface area contributed by atoms with E-state index in [4.69, 9.17) is 0 Å². The SMILES string of the molecule is CC(C)(C)C(CO)CC(CO)C(C)(C)C. The molecule has 2 nitrogen and oxygen atoms in total. The molecule has 0 aromatic carbocycles. The van der Waals surface area contributed by atoms with E-state index in [1.165, 1.54) is 0 Å². The standard InChI is InChI=1S/C13H28O2/c1-12(2,3)10(8-14)7-11(9-15)13(4,5)6/h10-11,14-15H,7-9H2,1-6H3. The van der Waals surface area contributed by atoms with Crippen LogP contribution in [-0.2, 0) is 0 Å². The van der Waals surface area contributed by atoms with Crippen molar-refractivity contribution in [2.75, 3.05) is 13.2 Å². The van der Waals surface area contributed by atoms with Crippen LogP contribution in [0.25, 0.3) is 0 Å². The molecule has 2 heteroatoms. The second kappa shape index (κ2) is 5.31. The summed E-state index contributed by atoms with van der Waals surface area (Å²) in [6.45, 7) is 13.3. The van der Waals surface area contributed by atoms with Gasteiger partial charge in [-0.3, -0.25) is 0 Å². The smallest absolute Gasteiger partial charge is 0.0464 e. The molecule has 0 amide bonds. The van der Waals surface area contributed by atoms with E-state index in [0.29, 0.717) is 0 Å². The number of aliphatic hydroxyl groups is 2. The molecule has 2 unspecified atom stereocenters. The molecule has 2 atom stereocenters. The molecule has 0 bridgehead atoms. The second-order valence-corrected chi connectivity index (χ2v) is 6.73. The number of aliphatic hydroxyl groups excluding tert-OH is 2. The fraction of sp³-hybridized carbons (Fsp3) is 1.00.